The predicted molar refractivity (Wildman–Crippen MR) is 44.6 cm³/mol. The van der Waals surface area contributed by atoms with Crippen molar-refractivity contribution in [2.75, 3.05) is 6.54 Å². The smallest absolute Gasteiger partial charge is 0.305 e. The Morgan fingerprint density at radius 2 is 2.33 bits per heavy atom. The molecule has 0 heterocycles. The van der Waals surface area contributed by atoms with Crippen LogP contribution in [-0.4, -0.2) is 29.9 Å². The maximum atomic E-state index is 10.2. The average molecular weight is 172 g/mol. The lowest BCUT2D eigenvalue weighted by atomic mass is 10.2. The maximum absolute atomic E-state index is 10.2. The third kappa shape index (κ3) is 5.85. The second-order valence-electron chi connectivity index (χ2n) is 2.58. The first-order valence-electron chi connectivity index (χ1n) is 4.03. The largest absolute Gasteiger partial charge is 0.481 e. The predicted octanol–water partition coefficient (Wildman–Crippen LogP) is 0.329. The van der Waals surface area contributed by atoms with Crippen LogP contribution in [0.4, 0.5) is 0 Å². The van der Waals surface area contributed by atoms with Gasteiger partial charge < -0.3 is 10.4 Å². The van der Waals surface area contributed by atoms with E-state index in [4.69, 9.17) is 5.11 Å². The van der Waals surface area contributed by atoms with Gasteiger partial charge in [0.2, 0.25) is 6.29 Å². The topological polar surface area (TPSA) is 66.4 Å². The molecule has 0 aromatic carbocycles. The summed E-state index contributed by atoms with van der Waals surface area (Å²) in [5.74, 6) is -0.979. The van der Waals surface area contributed by atoms with Crippen LogP contribution in [0, 0.1) is 0 Å². The van der Waals surface area contributed by atoms with Gasteiger partial charge >= 0.3 is 5.97 Å². The summed E-state index contributed by atoms with van der Waals surface area (Å²) in [6.07, 6.45) is 3.42. The van der Waals surface area contributed by atoms with Gasteiger partial charge in [-0.3, -0.25) is 9.59 Å². The zero-order valence-corrected chi connectivity index (χ0v) is 7.17. The van der Waals surface area contributed by atoms with E-state index in [9.17, 15) is 9.59 Å². The van der Waals surface area contributed by atoms with Gasteiger partial charge in [-0.25, -0.2) is 0 Å². The van der Waals surface area contributed by atoms with Gasteiger partial charge in [0.1, 0.15) is 0 Å². The van der Waals surface area contributed by atoms with Crippen molar-refractivity contribution in [1.29, 1.82) is 0 Å². The Kier molecular flexibility index (Phi) is 6.28. The summed E-state index contributed by atoms with van der Waals surface area (Å²) < 4.78 is 0. The molecule has 0 amide bonds. The van der Waals surface area contributed by atoms with Crippen molar-refractivity contribution in [2.45, 2.75) is 32.2 Å². The van der Waals surface area contributed by atoms with Crippen LogP contribution in [0.1, 0.15) is 26.2 Å². The number of nitrogens with one attached hydrogen (secondary N) is 1. The van der Waals surface area contributed by atoms with Crippen LogP contribution in [-0.2, 0) is 9.59 Å². The van der Waals surface area contributed by atoms with Crippen LogP contribution in [0.5, 0.6) is 0 Å². The maximum Gasteiger partial charge on any atom is 0.305 e. The highest BCUT2D eigenvalue weighted by Crippen LogP contribution is 1.90. The molecule has 2 N–H and O–H groups in total. The molecule has 0 unspecified atom stereocenters. The summed E-state index contributed by atoms with van der Waals surface area (Å²) in [6, 6.07) is -0.658. The third-order valence-corrected chi connectivity index (χ3v) is 1.44. The number of carbonyl (C=O) groups is 1. The lowest BCUT2D eigenvalue weighted by Crippen LogP contribution is -2.33. The molecule has 1 atom stereocenters. The Hall–Kier alpha value is -0.900. The fraction of sp³-hybridized carbons (Fsp3) is 0.750. The average Bonchev–Trinajstić information content (AvgIpc) is 2.02. The fourth-order valence-electron chi connectivity index (χ4n) is 0.783. The zero-order valence-electron chi connectivity index (χ0n) is 7.17. The fourth-order valence-corrected chi connectivity index (χ4v) is 0.783. The van der Waals surface area contributed by atoms with E-state index in [0.29, 0.717) is 6.54 Å². The molecule has 0 aliphatic rings. The van der Waals surface area contributed by atoms with E-state index >= 15 is 0 Å². The number of carbonyl (C=O) groups excluding carboxylic acids is 1. The molecule has 0 aromatic rings. The number of carboxylic acid groups (broad SMARTS) is 1. The summed E-state index contributed by atoms with van der Waals surface area (Å²) in [7, 11) is 0. The second-order valence-corrected chi connectivity index (χ2v) is 2.58. The summed E-state index contributed by atoms with van der Waals surface area (Å²) in [5.41, 5.74) is 0. The van der Waals surface area contributed by atoms with Crippen LogP contribution >= 0.6 is 0 Å². The monoisotopic (exact) mass is 172 g/mol. The van der Waals surface area contributed by atoms with Crippen LogP contribution in [0.2, 0.25) is 0 Å². The van der Waals surface area contributed by atoms with Crippen molar-refractivity contribution in [1.82, 2.24) is 5.32 Å². The number of unbranched alkanes of at least 4 members (excludes halogenated alkanes) is 1. The highest BCUT2D eigenvalue weighted by atomic mass is 16.4. The minimum absolute atomic E-state index is 0.187. The van der Waals surface area contributed by atoms with Crippen molar-refractivity contribution in [3.63, 3.8) is 0 Å². The van der Waals surface area contributed by atoms with E-state index in [1.807, 2.05) is 6.92 Å². The van der Waals surface area contributed by atoms with Gasteiger partial charge in [0.15, 0.2) is 0 Å². The number of hydrogen-bond donors (Lipinski definition) is 2. The minimum Gasteiger partial charge on any atom is -0.481 e. The van der Waals surface area contributed by atoms with E-state index in [2.05, 4.69) is 5.32 Å². The van der Waals surface area contributed by atoms with Gasteiger partial charge in [-0.15, -0.1) is 0 Å². The Bertz CT molecular complexity index is 147. The van der Waals surface area contributed by atoms with Gasteiger partial charge in [0.05, 0.1) is 12.5 Å². The molecule has 1 radical (unpaired) electrons. The highest BCUT2D eigenvalue weighted by Gasteiger charge is 2.11. The van der Waals surface area contributed by atoms with E-state index in [1.54, 1.807) is 6.29 Å². The second kappa shape index (κ2) is 6.79. The molecule has 0 saturated carbocycles. The van der Waals surface area contributed by atoms with Crippen LogP contribution in [0.25, 0.3) is 0 Å². The lowest BCUT2D eigenvalue weighted by Gasteiger charge is -2.07. The Morgan fingerprint density at radius 1 is 1.67 bits per heavy atom. The van der Waals surface area contributed by atoms with Gasteiger partial charge in [0.25, 0.3) is 0 Å². The standard InChI is InChI=1S/C8H14NO3/c1-2-3-4-9-7(6-10)5-8(11)12/h7,9H,2-5H2,1H3,(H,11,12)/t7-/m0/s1. The van der Waals surface area contributed by atoms with Crippen LogP contribution in [0.3, 0.4) is 0 Å². The first kappa shape index (κ1) is 11.1. The quantitative estimate of drug-likeness (QED) is 0.543. The molecular weight excluding hydrogens is 158 g/mol. The van der Waals surface area contributed by atoms with Gasteiger partial charge in [0, 0.05) is 0 Å². The molecule has 4 heteroatoms. The third-order valence-electron chi connectivity index (χ3n) is 1.44. The molecule has 69 valence electrons. The minimum atomic E-state index is -0.979. The summed E-state index contributed by atoms with van der Waals surface area (Å²) in [6.45, 7) is 2.70. The highest BCUT2D eigenvalue weighted by molar-refractivity contribution is 5.73. The molecule has 4 nitrogen and oxygen atoms in total. The number of hydrogen-bond acceptors (Lipinski definition) is 3. The van der Waals surface area contributed by atoms with Crippen molar-refractivity contribution in [3.8, 4) is 0 Å². The first-order valence-corrected chi connectivity index (χ1v) is 4.03. The summed E-state index contributed by atoms with van der Waals surface area (Å²) in [5, 5.41) is 11.1. The molecule has 12 heavy (non-hydrogen) atoms. The molecule has 0 aromatic heterocycles. The number of rotatable bonds is 7. The number of carboxylic acids is 1. The normalized spacial score (nSPS) is 12.4. The lowest BCUT2D eigenvalue weighted by molar-refractivity contribution is -0.137. The Morgan fingerprint density at radius 3 is 2.75 bits per heavy atom. The van der Waals surface area contributed by atoms with Crippen LogP contribution in [0.15, 0.2) is 0 Å². The van der Waals surface area contributed by atoms with E-state index in [1.165, 1.54) is 0 Å². The Labute approximate surface area is 72.0 Å². The van der Waals surface area contributed by atoms with Crippen molar-refractivity contribution in [3.05, 3.63) is 0 Å². The first-order chi connectivity index (χ1) is 5.70. The number of aliphatic carboxylic acids is 1. The summed E-state index contributed by atoms with van der Waals surface area (Å²) in [4.78, 5) is 20.4. The molecule has 0 aliphatic heterocycles. The summed E-state index contributed by atoms with van der Waals surface area (Å²) >= 11 is 0. The Balaban J connectivity index is 3.53. The van der Waals surface area contributed by atoms with Gasteiger partial charge in [-0.2, -0.15) is 0 Å². The molecule has 0 rings (SSSR count). The van der Waals surface area contributed by atoms with Crippen molar-refractivity contribution < 1.29 is 14.7 Å². The molecule has 0 fully saturated rings. The molecule has 0 aliphatic carbocycles. The molecule has 0 saturated heterocycles. The molecular formula is C8H14NO3. The SMILES string of the molecule is CCCCN[C@H]([C]=O)CC(=O)O. The molecule has 0 spiro atoms. The van der Waals surface area contributed by atoms with E-state index in [-0.39, 0.29) is 6.42 Å². The zero-order chi connectivity index (χ0) is 9.40. The van der Waals surface area contributed by atoms with Crippen LogP contribution < -0.4 is 5.32 Å². The van der Waals surface area contributed by atoms with Gasteiger partial charge in [-0.1, -0.05) is 13.3 Å². The van der Waals surface area contributed by atoms with E-state index < -0.39 is 12.0 Å². The van der Waals surface area contributed by atoms with Crippen molar-refractivity contribution in [2.24, 2.45) is 0 Å². The van der Waals surface area contributed by atoms with E-state index in [0.717, 1.165) is 12.8 Å². The van der Waals surface area contributed by atoms with Crippen molar-refractivity contribution >= 4 is 12.3 Å². The molecule has 0 bridgehead atoms. The van der Waals surface area contributed by atoms with Gasteiger partial charge in [-0.05, 0) is 13.0 Å².